The van der Waals surface area contributed by atoms with E-state index in [1.165, 1.54) is 5.56 Å². The molecule has 0 aliphatic carbocycles. The van der Waals surface area contributed by atoms with E-state index in [0.717, 1.165) is 62.7 Å². The van der Waals surface area contributed by atoms with Crippen molar-refractivity contribution in [3.8, 4) is 11.5 Å². The van der Waals surface area contributed by atoms with E-state index in [1.54, 1.807) is 0 Å². The van der Waals surface area contributed by atoms with E-state index >= 15 is 0 Å². The predicted molar refractivity (Wildman–Crippen MR) is 139 cm³/mol. The number of pyridine rings is 1. The summed E-state index contributed by atoms with van der Waals surface area (Å²) < 4.78 is 11.3. The van der Waals surface area contributed by atoms with Gasteiger partial charge in [0, 0.05) is 45.1 Å². The van der Waals surface area contributed by atoms with Crippen molar-refractivity contribution in [2.45, 2.75) is 19.8 Å². The Morgan fingerprint density at radius 1 is 0.914 bits per heavy atom. The summed E-state index contributed by atoms with van der Waals surface area (Å²) in [5.74, 6) is 1.26. The lowest BCUT2D eigenvalue weighted by Gasteiger charge is -2.37. The van der Waals surface area contributed by atoms with Crippen molar-refractivity contribution in [2.24, 2.45) is 0 Å². The second-order valence-corrected chi connectivity index (χ2v) is 8.61. The highest BCUT2D eigenvalue weighted by atomic mass is 16.5. The summed E-state index contributed by atoms with van der Waals surface area (Å²) in [6, 6.07) is 19.5. The number of benzene rings is 2. The van der Waals surface area contributed by atoms with E-state index in [9.17, 15) is 4.79 Å². The summed E-state index contributed by atoms with van der Waals surface area (Å²) in [6.07, 6.45) is 5.69. The van der Waals surface area contributed by atoms with E-state index in [-0.39, 0.29) is 12.5 Å². The maximum absolute atomic E-state index is 12.6. The lowest BCUT2D eigenvalue weighted by atomic mass is 10.1. The molecule has 2 heterocycles. The van der Waals surface area contributed by atoms with Crippen LogP contribution in [0.4, 0.5) is 11.4 Å². The van der Waals surface area contributed by atoms with Crippen LogP contribution in [0.25, 0.3) is 0 Å². The Labute approximate surface area is 207 Å². The fourth-order valence-corrected chi connectivity index (χ4v) is 4.09. The average Bonchev–Trinajstić information content (AvgIpc) is 2.91. The molecular weight excluding hydrogens is 440 g/mol. The highest BCUT2D eigenvalue weighted by Gasteiger charge is 2.19. The Morgan fingerprint density at radius 2 is 1.60 bits per heavy atom. The van der Waals surface area contributed by atoms with Gasteiger partial charge in [-0.1, -0.05) is 19.1 Å². The molecule has 1 fully saturated rings. The molecule has 1 amide bonds. The number of ether oxygens (including phenoxy) is 2. The number of piperazine rings is 1. The van der Waals surface area contributed by atoms with Crippen molar-refractivity contribution in [1.82, 2.24) is 9.88 Å². The first-order valence-corrected chi connectivity index (χ1v) is 12.3. The summed E-state index contributed by atoms with van der Waals surface area (Å²) in [5.41, 5.74) is 3.18. The van der Waals surface area contributed by atoms with Gasteiger partial charge in [0.2, 0.25) is 0 Å². The zero-order valence-corrected chi connectivity index (χ0v) is 20.4. The molecular formula is C28H34N4O3. The smallest absolute Gasteiger partial charge is 0.262 e. The molecule has 0 unspecified atom stereocenters. The molecule has 3 aromatic rings. The number of rotatable bonds is 11. The first kappa shape index (κ1) is 24.5. The van der Waals surface area contributed by atoms with Crippen LogP contribution in [0, 0.1) is 0 Å². The molecule has 0 atom stereocenters. The van der Waals surface area contributed by atoms with Gasteiger partial charge in [0.15, 0.2) is 6.61 Å². The van der Waals surface area contributed by atoms with E-state index in [0.29, 0.717) is 12.4 Å². The van der Waals surface area contributed by atoms with Gasteiger partial charge < -0.3 is 19.7 Å². The molecule has 7 nitrogen and oxygen atoms in total. The quantitative estimate of drug-likeness (QED) is 0.448. The second-order valence-electron chi connectivity index (χ2n) is 8.61. The van der Waals surface area contributed by atoms with Crippen molar-refractivity contribution >= 4 is 17.3 Å². The molecule has 0 bridgehead atoms. The fraction of sp³-hybridized carbons (Fsp3) is 0.357. The topological polar surface area (TPSA) is 66.9 Å². The Morgan fingerprint density at radius 3 is 2.31 bits per heavy atom. The number of carbonyl (C=O) groups excluding carboxylic acids is 1. The molecule has 1 saturated heterocycles. The average molecular weight is 475 g/mol. The summed E-state index contributed by atoms with van der Waals surface area (Å²) in [4.78, 5) is 21.5. The zero-order valence-electron chi connectivity index (χ0n) is 20.4. The summed E-state index contributed by atoms with van der Waals surface area (Å²) in [7, 11) is 0. The van der Waals surface area contributed by atoms with Gasteiger partial charge in [-0.15, -0.1) is 0 Å². The van der Waals surface area contributed by atoms with Crippen LogP contribution in [0.2, 0.25) is 0 Å². The summed E-state index contributed by atoms with van der Waals surface area (Å²) in [6.45, 7) is 7.58. The van der Waals surface area contributed by atoms with Gasteiger partial charge in [-0.25, -0.2) is 0 Å². The monoisotopic (exact) mass is 474 g/mol. The van der Waals surface area contributed by atoms with Gasteiger partial charge in [0.1, 0.15) is 11.5 Å². The molecule has 35 heavy (non-hydrogen) atoms. The lowest BCUT2D eigenvalue weighted by Crippen LogP contribution is -2.47. The second kappa shape index (κ2) is 12.8. The normalized spacial score (nSPS) is 13.9. The Kier molecular flexibility index (Phi) is 8.95. The van der Waals surface area contributed by atoms with Crippen LogP contribution in [-0.2, 0) is 11.2 Å². The Hall–Kier alpha value is -3.58. The minimum absolute atomic E-state index is 0.0493. The van der Waals surface area contributed by atoms with Crippen LogP contribution in [-0.4, -0.2) is 61.7 Å². The molecule has 1 aliphatic heterocycles. The number of carbonyl (C=O) groups is 1. The first-order valence-electron chi connectivity index (χ1n) is 12.3. The molecule has 0 saturated carbocycles. The zero-order chi connectivity index (χ0) is 24.3. The third kappa shape index (κ3) is 7.45. The van der Waals surface area contributed by atoms with E-state index < -0.39 is 0 Å². The number of hydrogen-bond acceptors (Lipinski definition) is 6. The minimum atomic E-state index is -0.181. The number of amides is 1. The third-order valence-electron chi connectivity index (χ3n) is 6.02. The van der Waals surface area contributed by atoms with Crippen LogP contribution in [0.1, 0.15) is 18.9 Å². The molecule has 1 aliphatic rings. The molecule has 7 heteroatoms. The third-order valence-corrected chi connectivity index (χ3v) is 6.02. The maximum Gasteiger partial charge on any atom is 0.262 e. The fourth-order valence-electron chi connectivity index (χ4n) is 4.09. The van der Waals surface area contributed by atoms with Crippen LogP contribution < -0.4 is 19.7 Å². The van der Waals surface area contributed by atoms with Crippen LogP contribution in [0.15, 0.2) is 73.1 Å². The van der Waals surface area contributed by atoms with Crippen molar-refractivity contribution < 1.29 is 14.3 Å². The van der Waals surface area contributed by atoms with Crippen LogP contribution >= 0.6 is 0 Å². The number of nitrogens with one attached hydrogen (secondary N) is 1. The number of anilines is 2. The summed E-state index contributed by atoms with van der Waals surface area (Å²) >= 11 is 0. The number of para-hydroxylation sites is 2. The SMILES string of the molecule is CCCOc1ccc(OCC(=O)Nc2ccccc2N2CCN(CCc3ccncc3)CC2)cc1. The van der Waals surface area contributed by atoms with Crippen molar-refractivity contribution in [3.63, 3.8) is 0 Å². The standard InChI is InChI=1S/C28H34N4O3/c1-2-21-34-24-7-9-25(10-8-24)35-22-28(33)30-26-5-3-4-6-27(26)32-19-17-31(18-20-32)16-13-23-11-14-29-15-12-23/h3-12,14-15H,2,13,16-22H2,1H3,(H,30,33). The molecule has 1 N–H and O–H groups in total. The lowest BCUT2D eigenvalue weighted by molar-refractivity contribution is -0.118. The first-order chi connectivity index (χ1) is 17.2. The van der Waals surface area contributed by atoms with E-state index in [1.807, 2.05) is 54.9 Å². The largest absolute Gasteiger partial charge is 0.494 e. The van der Waals surface area contributed by atoms with Gasteiger partial charge in [-0.2, -0.15) is 0 Å². The van der Waals surface area contributed by atoms with Crippen LogP contribution in [0.3, 0.4) is 0 Å². The van der Waals surface area contributed by atoms with Crippen LogP contribution in [0.5, 0.6) is 11.5 Å². The predicted octanol–water partition coefficient (Wildman–Crippen LogP) is 4.25. The Bertz CT molecular complexity index is 1050. The molecule has 184 valence electrons. The van der Waals surface area contributed by atoms with Crippen molar-refractivity contribution in [1.29, 1.82) is 0 Å². The molecule has 2 aromatic carbocycles. The number of nitrogens with zero attached hydrogens (tertiary/aromatic N) is 3. The van der Waals surface area contributed by atoms with Crippen molar-refractivity contribution in [2.75, 3.05) is 56.2 Å². The highest BCUT2D eigenvalue weighted by Crippen LogP contribution is 2.27. The van der Waals surface area contributed by atoms with Crippen molar-refractivity contribution in [3.05, 3.63) is 78.6 Å². The Balaban J connectivity index is 1.25. The van der Waals surface area contributed by atoms with E-state index in [4.69, 9.17) is 9.47 Å². The molecule has 0 spiro atoms. The van der Waals surface area contributed by atoms with Gasteiger partial charge >= 0.3 is 0 Å². The highest BCUT2D eigenvalue weighted by molar-refractivity contribution is 5.95. The minimum Gasteiger partial charge on any atom is -0.494 e. The van der Waals surface area contributed by atoms with Gasteiger partial charge in [0.25, 0.3) is 5.91 Å². The van der Waals surface area contributed by atoms with Gasteiger partial charge in [0.05, 0.1) is 18.0 Å². The number of aromatic nitrogens is 1. The summed E-state index contributed by atoms with van der Waals surface area (Å²) in [5, 5.41) is 3.03. The molecule has 4 rings (SSSR count). The number of hydrogen-bond donors (Lipinski definition) is 1. The molecule has 0 radical (unpaired) electrons. The van der Waals surface area contributed by atoms with Gasteiger partial charge in [-0.3, -0.25) is 14.7 Å². The van der Waals surface area contributed by atoms with Gasteiger partial charge in [-0.05, 0) is 66.9 Å². The maximum atomic E-state index is 12.6. The molecule has 1 aromatic heterocycles. The van der Waals surface area contributed by atoms with E-state index in [2.05, 4.69) is 45.2 Å².